The number of pyridine rings is 3. The van der Waals surface area contributed by atoms with E-state index in [1.807, 2.05) is 0 Å². The summed E-state index contributed by atoms with van der Waals surface area (Å²) in [5.74, 6) is -4.92. The number of benzene rings is 1. The van der Waals surface area contributed by atoms with E-state index in [1.165, 1.54) is 18.2 Å². The third kappa shape index (κ3) is 5.15. The summed E-state index contributed by atoms with van der Waals surface area (Å²) in [7, 11) is -4.34. The van der Waals surface area contributed by atoms with Crippen LogP contribution in [0, 0.1) is 0 Å². The number of aromatic nitrogens is 3. The number of rotatable bonds is 5. The molecule has 212 valence electrons. The normalized spacial score (nSPS) is 20.7. The Kier molecular flexibility index (Phi) is 6.74. The first-order chi connectivity index (χ1) is 19.4. The molecule has 0 saturated heterocycles. The maximum atomic E-state index is 14.2. The van der Waals surface area contributed by atoms with Crippen LogP contribution in [0.3, 0.4) is 0 Å². The average Bonchev–Trinajstić information content (AvgIpc) is 3.61. The van der Waals surface area contributed by atoms with Crippen molar-refractivity contribution in [2.75, 3.05) is 6.61 Å². The van der Waals surface area contributed by atoms with Gasteiger partial charge in [-0.1, -0.05) is 15.9 Å². The number of amides is 1. The highest BCUT2D eigenvalue weighted by atomic mass is 79.9. The van der Waals surface area contributed by atoms with Crippen LogP contribution in [0.5, 0.6) is 5.75 Å². The number of ether oxygens (including phenoxy) is 1. The lowest BCUT2D eigenvalue weighted by Gasteiger charge is -2.12. The van der Waals surface area contributed by atoms with Crippen LogP contribution in [0.15, 0.2) is 58.0 Å². The van der Waals surface area contributed by atoms with Crippen LogP contribution in [0.1, 0.15) is 39.6 Å². The van der Waals surface area contributed by atoms with Crippen molar-refractivity contribution in [3.63, 3.8) is 0 Å². The zero-order valence-corrected chi connectivity index (χ0v) is 23.3. The third-order valence-corrected chi connectivity index (χ3v) is 9.43. The van der Waals surface area contributed by atoms with Gasteiger partial charge in [0.25, 0.3) is 11.8 Å². The number of nitrogens with one attached hydrogen (secondary N) is 1. The summed E-state index contributed by atoms with van der Waals surface area (Å²) in [5, 5.41) is 13.4. The van der Waals surface area contributed by atoms with Gasteiger partial charge >= 0.3 is 0 Å². The molecule has 6 rings (SSSR count). The van der Waals surface area contributed by atoms with E-state index in [-0.39, 0.29) is 47.0 Å². The van der Waals surface area contributed by atoms with Crippen LogP contribution in [-0.2, 0) is 27.7 Å². The molecule has 1 aliphatic carbocycles. The summed E-state index contributed by atoms with van der Waals surface area (Å²) >= 11 is 3.26. The Bertz CT molecular complexity index is 1840. The zero-order chi connectivity index (χ0) is 29.1. The minimum Gasteiger partial charge on any atom is -0.506 e. The van der Waals surface area contributed by atoms with Crippen LogP contribution in [0.2, 0.25) is 0 Å². The molecule has 2 aliphatic rings. The number of fused-ring (bicyclic) bond motifs is 2. The van der Waals surface area contributed by atoms with E-state index in [4.69, 9.17) is 4.74 Å². The lowest BCUT2D eigenvalue weighted by molar-refractivity contribution is 0.0946. The highest BCUT2D eigenvalue weighted by Crippen LogP contribution is 2.57. The Balaban J connectivity index is 1.23. The number of hydrogen-bond donors (Lipinski definition) is 2. The monoisotopic (exact) mass is 648 g/mol. The van der Waals surface area contributed by atoms with Gasteiger partial charge in [-0.3, -0.25) is 9.78 Å². The van der Waals surface area contributed by atoms with Crippen LogP contribution < -0.4 is 5.32 Å². The van der Waals surface area contributed by atoms with Crippen molar-refractivity contribution in [2.45, 2.75) is 41.8 Å². The highest BCUT2D eigenvalue weighted by molar-refractivity contribution is 9.10. The molecule has 2 atom stereocenters. The van der Waals surface area contributed by atoms with Gasteiger partial charge in [0.05, 0.1) is 58.9 Å². The Hall–Kier alpha value is -3.62. The fraction of sp³-hybridized carbons (Fsp3) is 0.259. The van der Waals surface area contributed by atoms with E-state index in [9.17, 15) is 31.5 Å². The quantitative estimate of drug-likeness (QED) is 0.315. The number of aromatic hydroxyl groups is 1. The Morgan fingerprint density at radius 2 is 1.88 bits per heavy atom. The maximum absolute atomic E-state index is 14.2. The number of nitrogens with zero attached hydrogens (tertiary/aromatic N) is 3. The molecular formula is C27H20BrF3N4O5S. The predicted octanol–water partition coefficient (Wildman–Crippen LogP) is 4.81. The van der Waals surface area contributed by atoms with Crippen molar-refractivity contribution in [1.29, 1.82) is 0 Å². The number of halogens is 4. The van der Waals surface area contributed by atoms with Crippen molar-refractivity contribution in [3.8, 4) is 17.1 Å². The highest BCUT2D eigenvalue weighted by Gasteiger charge is 2.59. The van der Waals surface area contributed by atoms with Gasteiger partial charge < -0.3 is 15.2 Å². The minimum absolute atomic E-state index is 0.00458. The number of hydrogen-bond acceptors (Lipinski definition) is 8. The van der Waals surface area contributed by atoms with E-state index in [0.717, 1.165) is 6.07 Å². The topological polar surface area (TPSA) is 131 Å². The van der Waals surface area contributed by atoms with Gasteiger partial charge in [-0.2, -0.15) is 0 Å². The molecule has 1 fully saturated rings. The molecule has 4 aromatic rings. The number of alkyl halides is 3. The smallest absolute Gasteiger partial charge is 0.257 e. The Labute approximate surface area is 239 Å². The third-order valence-electron chi connectivity index (χ3n) is 6.94. The van der Waals surface area contributed by atoms with E-state index in [2.05, 4.69) is 36.2 Å². The molecule has 14 heteroatoms. The molecule has 1 aliphatic heterocycles. The summed E-state index contributed by atoms with van der Waals surface area (Å²) in [4.78, 5) is 25.7. The van der Waals surface area contributed by atoms with Gasteiger partial charge in [0, 0.05) is 33.6 Å². The molecule has 0 radical (unpaired) electrons. The lowest BCUT2D eigenvalue weighted by atomic mass is 10.1. The maximum Gasteiger partial charge on any atom is 0.257 e. The average molecular weight is 649 g/mol. The van der Waals surface area contributed by atoms with Crippen molar-refractivity contribution < 1.29 is 36.2 Å². The largest absolute Gasteiger partial charge is 0.506 e. The van der Waals surface area contributed by atoms with E-state index >= 15 is 0 Å². The number of carbonyl (C=O) groups excluding carboxylic acids is 1. The van der Waals surface area contributed by atoms with Crippen LogP contribution >= 0.6 is 15.9 Å². The van der Waals surface area contributed by atoms with Gasteiger partial charge in [-0.15, -0.1) is 0 Å². The minimum atomic E-state index is -4.34. The van der Waals surface area contributed by atoms with Gasteiger partial charge in [-0.25, -0.2) is 31.6 Å². The number of carbonyl (C=O) groups is 1. The van der Waals surface area contributed by atoms with Gasteiger partial charge in [0.15, 0.2) is 0 Å². The van der Waals surface area contributed by atoms with Crippen LogP contribution in [0.25, 0.3) is 22.3 Å². The van der Waals surface area contributed by atoms with Gasteiger partial charge in [0.2, 0.25) is 15.3 Å². The first-order valence-electron chi connectivity index (χ1n) is 12.3. The SMILES string of the molecule is O=C(NCc1cc2nc(-c3ccc(O)c(C4CC4(F)F)n3)ccc2cn1)c1cc(Br)c2c(c1)S(=O)(=O)[C@@H](F)COC2. The molecule has 0 bridgehead atoms. The standard InChI is InChI=1S/C27H20BrF3N4O5S/c28-18-5-14(6-23-16(18)11-40-12-24(29)41(23,38)39)26(37)33-10-15-7-21-13(9-32-15)1-2-19(34-21)20-3-4-22(36)25(35-20)17-8-27(17,30)31/h1-7,9,17,24,36H,8,10-12H2,(H,33,37)/t17?,24-/m1/s1. The number of sulfone groups is 1. The second kappa shape index (κ2) is 10.0. The van der Waals surface area contributed by atoms with Crippen LogP contribution in [-0.4, -0.2) is 52.4 Å². The summed E-state index contributed by atoms with van der Waals surface area (Å²) in [6.45, 7) is -0.758. The Morgan fingerprint density at radius 3 is 2.63 bits per heavy atom. The predicted molar refractivity (Wildman–Crippen MR) is 144 cm³/mol. The molecule has 41 heavy (non-hydrogen) atoms. The molecule has 1 amide bonds. The second-order valence-corrected chi connectivity index (χ2v) is 12.7. The van der Waals surface area contributed by atoms with Crippen LogP contribution in [0.4, 0.5) is 13.2 Å². The van der Waals surface area contributed by atoms with E-state index < -0.39 is 39.7 Å². The molecule has 0 spiro atoms. The zero-order valence-electron chi connectivity index (χ0n) is 20.9. The molecular weight excluding hydrogens is 629 g/mol. The second-order valence-electron chi connectivity index (χ2n) is 9.77. The molecule has 1 aromatic carbocycles. The molecule has 9 nitrogen and oxygen atoms in total. The first-order valence-corrected chi connectivity index (χ1v) is 14.7. The lowest BCUT2D eigenvalue weighted by Crippen LogP contribution is -2.24. The molecule has 1 saturated carbocycles. The van der Waals surface area contributed by atoms with Gasteiger partial charge in [-0.05, 0) is 42.5 Å². The van der Waals surface area contributed by atoms with Crippen molar-refractivity contribution in [1.82, 2.24) is 20.3 Å². The molecule has 1 unspecified atom stereocenters. The summed E-state index contributed by atoms with van der Waals surface area (Å²) < 4.78 is 72.0. The summed E-state index contributed by atoms with van der Waals surface area (Å²) in [5.41, 5.74) is -0.418. The van der Waals surface area contributed by atoms with Crippen molar-refractivity contribution in [2.24, 2.45) is 0 Å². The fourth-order valence-corrected chi connectivity index (χ4v) is 6.62. The fourth-order valence-electron chi connectivity index (χ4n) is 4.56. The van der Waals surface area contributed by atoms with E-state index in [1.54, 1.807) is 24.4 Å². The summed E-state index contributed by atoms with van der Waals surface area (Å²) in [6, 6.07) is 10.4. The first kappa shape index (κ1) is 27.5. The molecule has 2 N–H and O–H groups in total. The molecule has 4 heterocycles. The molecule has 3 aromatic heterocycles. The van der Waals surface area contributed by atoms with Crippen molar-refractivity contribution >= 4 is 42.6 Å². The van der Waals surface area contributed by atoms with Crippen molar-refractivity contribution in [3.05, 3.63) is 75.6 Å². The van der Waals surface area contributed by atoms with Gasteiger partial charge in [0.1, 0.15) is 5.75 Å². The summed E-state index contributed by atoms with van der Waals surface area (Å²) in [6.07, 6.45) is 1.19. The Morgan fingerprint density at radius 1 is 1.15 bits per heavy atom. The van der Waals surface area contributed by atoms with E-state index in [0.29, 0.717) is 32.5 Å².